The van der Waals surface area contributed by atoms with Gasteiger partial charge in [-0.1, -0.05) is 18.7 Å². The van der Waals surface area contributed by atoms with Crippen LogP contribution in [0, 0.1) is 32.1 Å². The second-order valence-electron chi connectivity index (χ2n) is 20.2. The van der Waals surface area contributed by atoms with Crippen molar-refractivity contribution in [2.75, 3.05) is 58.5 Å². The number of nitrogen functional groups attached to an aromatic ring is 2. The number of hydrogen-bond acceptors (Lipinski definition) is 14. The van der Waals surface area contributed by atoms with Crippen molar-refractivity contribution in [3.8, 4) is 45.9 Å². The molecule has 4 aromatic carbocycles. The molecule has 0 aliphatic carbocycles. The zero-order chi connectivity index (χ0) is 58.4. The van der Waals surface area contributed by atoms with Crippen molar-refractivity contribution in [3.05, 3.63) is 197 Å². The number of likely N-dealkylation sites (N-methyl/N-ethyl adjacent to an activating group) is 1. The molecular weight excluding hydrogens is 1060 g/mol. The number of nitrogens with zero attached hydrogens (tertiary/aromatic N) is 8. The molecule has 2 saturated heterocycles. The number of carbonyl (C=O) groups is 1. The number of aryl methyl sites for hydroxylation is 2. The fourth-order valence-electron chi connectivity index (χ4n) is 9.54. The van der Waals surface area contributed by atoms with Crippen molar-refractivity contribution in [3.63, 3.8) is 0 Å². The quantitative estimate of drug-likeness (QED) is 0.0768. The topological polar surface area (TPSA) is 214 Å². The molecule has 18 nitrogen and oxygen atoms in total. The van der Waals surface area contributed by atoms with E-state index in [1.54, 1.807) is 55.7 Å². The molecule has 0 atom stereocenters. The van der Waals surface area contributed by atoms with Gasteiger partial charge >= 0.3 is 5.97 Å². The average Bonchev–Trinajstić information content (AvgIpc) is 3.02. The Kier molecular flexibility index (Phi) is 19.2. The van der Waals surface area contributed by atoms with E-state index in [1.807, 2.05) is 89.8 Å². The number of carboxylic acids is 1. The number of aliphatic carboxylic acids is 1. The molecule has 2 aliphatic heterocycles. The summed E-state index contributed by atoms with van der Waals surface area (Å²) in [5.74, 6) is 2.23. The van der Waals surface area contributed by atoms with Crippen molar-refractivity contribution < 1.29 is 47.1 Å². The van der Waals surface area contributed by atoms with Crippen LogP contribution in [-0.2, 0) is 27.5 Å². The maximum atomic E-state index is 14.3. The lowest BCUT2D eigenvalue weighted by molar-refractivity contribution is -0.137. The molecule has 0 bridgehead atoms. The molecule has 2 fully saturated rings. The molecule has 0 amide bonds. The van der Waals surface area contributed by atoms with Gasteiger partial charge in [-0.15, -0.1) is 0 Å². The van der Waals surface area contributed by atoms with E-state index in [2.05, 4.69) is 31.0 Å². The Labute approximate surface area is 479 Å². The molecule has 11 rings (SSSR count). The first-order chi connectivity index (χ1) is 40.2. The van der Waals surface area contributed by atoms with Gasteiger partial charge in [0.1, 0.15) is 76.9 Å². The van der Waals surface area contributed by atoms with Crippen LogP contribution in [0.4, 0.5) is 26.1 Å². The van der Waals surface area contributed by atoms with Gasteiger partial charge in [0.05, 0.1) is 23.9 Å². The summed E-state index contributed by atoms with van der Waals surface area (Å²) in [6, 6.07) is 31.0. The van der Waals surface area contributed by atoms with Crippen molar-refractivity contribution in [2.45, 2.75) is 64.6 Å². The van der Waals surface area contributed by atoms with Crippen LogP contribution in [0.2, 0.25) is 0 Å². The van der Waals surface area contributed by atoms with Gasteiger partial charge in [0.25, 0.3) is 5.82 Å². The zero-order valence-corrected chi connectivity index (χ0v) is 46.5. The van der Waals surface area contributed by atoms with Gasteiger partial charge < -0.3 is 54.4 Å². The first-order valence-corrected chi connectivity index (χ1v) is 26.9. The standard InChI is InChI=1S/C30H28FN5O3.C29H27FN4O3.C4H9NO2/c1-19-2-3-20(15-33-19)17-38-25-12-22(31)13-26(14-25)39-24-6-4-23(5-7-24)36-16-27(21-8-10-37-11-9-21)28-29(36)30(32)35-18-34-28;1-19-3-4-20(16-33-19)18-36-25-13-22(30)14-26(15-25)37-24-7-5-23(6-8-24)34-17-27(28(31)29(34)32-2)21-9-11-35-12-10-21;1-5(2)3-4(6)7/h2-7,12-16,18,21H,8-11,17H2,1H3,(H2,32,34,35);3-8,13-17,21H,9-12,18,31H2,1H3;3H2,1-2H3,(H,6,7). The second-order valence-corrected chi connectivity index (χ2v) is 20.2. The summed E-state index contributed by atoms with van der Waals surface area (Å²) in [5, 5.41) is 8.04. The van der Waals surface area contributed by atoms with Crippen LogP contribution < -0.4 is 30.4 Å². The highest BCUT2D eigenvalue weighted by molar-refractivity contribution is 5.90. The predicted octanol–water partition coefficient (Wildman–Crippen LogP) is 12.5. The van der Waals surface area contributed by atoms with Crippen molar-refractivity contribution in [2.24, 2.45) is 0 Å². The summed E-state index contributed by atoms with van der Waals surface area (Å²) >= 11 is 0. The lowest BCUT2D eigenvalue weighted by atomic mass is 9.93. The third-order valence-corrected chi connectivity index (χ3v) is 13.7. The highest BCUT2D eigenvalue weighted by Gasteiger charge is 2.26. The third kappa shape index (κ3) is 15.5. The minimum atomic E-state index is -0.787. The Hall–Kier alpha value is -9.42. The minimum absolute atomic E-state index is 0.111. The van der Waals surface area contributed by atoms with E-state index >= 15 is 0 Å². The van der Waals surface area contributed by atoms with Gasteiger partial charge in [-0.2, -0.15) is 0 Å². The van der Waals surface area contributed by atoms with E-state index in [0.717, 1.165) is 94.9 Å². The van der Waals surface area contributed by atoms with Crippen LogP contribution in [0.5, 0.6) is 34.5 Å². The number of fused-ring (bicyclic) bond motifs is 1. The Balaban J connectivity index is 0.000000179. The lowest BCUT2D eigenvalue weighted by Gasteiger charge is -2.21. The maximum Gasteiger partial charge on any atom is 0.317 e. The summed E-state index contributed by atoms with van der Waals surface area (Å²) in [4.78, 5) is 32.3. The Morgan fingerprint density at radius 3 is 1.57 bits per heavy atom. The number of anilines is 2. The molecule has 5 N–H and O–H groups in total. The summed E-state index contributed by atoms with van der Waals surface area (Å²) in [6.07, 6.45) is 12.7. The van der Waals surface area contributed by atoms with Crippen molar-refractivity contribution >= 4 is 34.3 Å². The van der Waals surface area contributed by atoms with Crippen LogP contribution in [0.15, 0.2) is 140 Å². The zero-order valence-electron chi connectivity index (χ0n) is 46.5. The normalized spacial score (nSPS) is 13.5. The maximum absolute atomic E-state index is 14.3. The van der Waals surface area contributed by atoms with E-state index < -0.39 is 17.6 Å². The number of halogens is 2. The number of pyridine rings is 2. The number of nitrogens with two attached hydrogens (primary N) is 2. The summed E-state index contributed by atoms with van der Waals surface area (Å²) in [5.41, 5.74) is 22.3. The highest BCUT2D eigenvalue weighted by atomic mass is 19.1. The number of rotatable bonds is 16. The molecule has 83 heavy (non-hydrogen) atoms. The van der Waals surface area contributed by atoms with Crippen LogP contribution in [-0.4, -0.2) is 92.1 Å². The van der Waals surface area contributed by atoms with E-state index in [4.69, 9.17) is 51.6 Å². The van der Waals surface area contributed by atoms with E-state index in [-0.39, 0.29) is 25.7 Å². The van der Waals surface area contributed by atoms with Gasteiger partial charge in [0.2, 0.25) is 0 Å². The Morgan fingerprint density at radius 1 is 0.651 bits per heavy atom. The highest BCUT2D eigenvalue weighted by Crippen LogP contribution is 2.41. The van der Waals surface area contributed by atoms with Gasteiger partial charge in [-0.3, -0.25) is 24.2 Å². The SMILES string of the molecule is CN(C)CC(=O)O.Cc1ccc(COc2cc(F)cc(Oc3ccc(-n4cc(C5CCOCC5)c5ncnc(N)c54)cc3)c2)cn1.[C-]#[N+]c1c(N)c(C2CCOCC2)cn1-c1ccc(Oc2cc(F)cc(OCc3ccc(C)nc3)c2)cc1. The molecule has 5 aromatic heterocycles. The first-order valence-electron chi connectivity index (χ1n) is 26.9. The third-order valence-electron chi connectivity index (χ3n) is 13.7. The number of benzene rings is 4. The number of carboxylic acid groups (broad SMARTS) is 1. The van der Waals surface area contributed by atoms with Crippen LogP contribution in [0.1, 0.15) is 71.2 Å². The molecule has 0 radical (unpaired) electrons. The average molecular weight is 1130 g/mol. The van der Waals surface area contributed by atoms with Gasteiger partial charge in [0.15, 0.2) is 5.82 Å². The summed E-state index contributed by atoms with van der Waals surface area (Å²) in [7, 11) is 3.43. The molecule has 9 aromatic rings. The molecule has 0 spiro atoms. The van der Waals surface area contributed by atoms with Gasteiger partial charge in [0, 0.05) is 121 Å². The van der Waals surface area contributed by atoms with E-state index in [0.29, 0.717) is 71.0 Å². The minimum Gasteiger partial charge on any atom is -0.489 e. The number of hydrogen-bond donors (Lipinski definition) is 3. The van der Waals surface area contributed by atoms with Gasteiger partial charge in [-0.25, -0.2) is 18.7 Å². The Bertz CT molecular complexity index is 3670. The molecule has 0 saturated carbocycles. The van der Waals surface area contributed by atoms with Gasteiger partial charge in [-0.05, 0) is 126 Å². The molecule has 0 unspecified atom stereocenters. The monoisotopic (exact) mass is 1130 g/mol. The van der Waals surface area contributed by atoms with Crippen LogP contribution in [0.3, 0.4) is 0 Å². The molecule has 7 heterocycles. The molecule has 428 valence electrons. The van der Waals surface area contributed by atoms with Crippen molar-refractivity contribution in [1.82, 2.24) is 34.0 Å². The van der Waals surface area contributed by atoms with Crippen LogP contribution in [0.25, 0.3) is 27.3 Å². The lowest BCUT2D eigenvalue weighted by Crippen LogP contribution is -2.20. The second kappa shape index (κ2) is 27.4. The predicted molar refractivity (Wildman–Crippen MR) is 311 cm³/mol. The number of ether oxygens (including phenoxy) is 6. The number of aromatic nitrogens is 6. The van der Waals surface area contributed by atoms with Crippen molar-refractivity contribution in [1.29, 1.82) is 0 Å². The van der Waals surface area contributed by atoms with E-state index in [1.165, 1.54) is 30.6 Å². The van der Waals surface area contributed by atoms with E-state index in [9.17, 15) is 13.6 Å². The molecule has 20 heteroatoms. The Morgan fingerprint density at radius 2 is 1.12 bits per heavy atom. The summed E-state index contributed by atoms with van der Waals surface area (Å²) < 4.78 is 66.8. The molecule has 2 aliphatic rings. The molecular formula is C63H64F2N10O8. The first kappa shape index (κ1) is 58.2. The smallest absolute Gasteiger partial charge is 0.317 e. The van der Waals surface area contributed by atoms with Crippen LogP contribution >= 0.6 is 0 Å². The fourth-order valence-corrected chi connectivity index (χ4v) is 9.54. The fraction of sp³-hybridized carbons (Fsp3) is 0.270. The summed E-state index contributed by atoms with van der Waals surface area (Å²) in [6.45, 7) is 15.0. The largest absolute Gasteiger partial charge is 0.489 e.